The highest BCUT2D eigenvalue weighted by Gasteiger charge is 2.43. The fraction of sp³-hybridized carbons (Fsp3) is 0.444. The number of carbonyl (C=O) groups excluding carboxylic acids is 2. The first kappa shape index (κ1) is 18.7. The van der Waals surface area contributed by atoms with E-state index in [1.54, 1.807) is 24.3 Å². The number of hydrogen-bond donors (Lipinski definition) is 5. The van der Waals surface area contributed by atoms with Gasteiger partial charge in [-0.3, -0.25) is 9.59 Å². The fourth-order valence-corrected chi connectivity index (χ4v) is 3.24. The number of hydrogen-bond acceptors (Lipinski definition) is 8. The Morgan fingerprint density at radius 2 is 2.00 bits per heavy atom. The number of rotatable bonds is 4. The second kappa shape index (κ2) is 7.26. The predicted molar refractivity (Wildman–Crippen MR) is 91.2 cm³/mol. The molecular formula is C18H21NO7. The van der Waals surface area contributed by atoms with Crippen molar-refractivity contribution in [2.75, 3.05) is 11.9 Å². The number of carbonyl (C=O) groups is 2. The van der Waals surface area contributed by atoms with Crippen molar-refractivity contribution in [2.45, 2.75) is 44.0 Å². The Morgan fingerprint density at radius 3 is 2.65 bits per heavy atom. The van der Waals surface area contributed by atoms with Gasteiger partial charge in [0, 0.05) is 12.1 Å². The summed E-state index contributed by atoms with van der Waals surface area (Å²) in [6.45, 7) is 0.815. The van der Waals surface area contributed by atoms with E-state index in [9.17, 15) is 24.9 Å². The molecule has 0 spiro atoms. The zero-order valence-corrected chi connectivity index (χ0v) is 14.1. The average Bonchev–Trinajstić information content (AvgIpc) is 2.60. The Morgan fingerprint density at radius 1 is 1.27 bits per heavy atom. The van der Waals surface area contributed by atoms with Crippen LogP contribution in [0.25, 0.3) is 6.08 Å². The lowest BCUT2D eigenvalue weighted by atomic mass is 9.89. The molecule has 140 valence electrons. The van der Waals surface area contributed by atoms with Crippen molar-refractivity contribution in [3.8, 4) is 0 Å². The van der Waals surface area contributed by atoms with Gasteiger partial charge >= 0.3 is 0 Å². The maximum Gasteiger partial charge on any atom is 0.178 e. The van der Waals surface area contributed by atoms with Gasteiger partial charge in [0.1, 0.15) is 24.4 Å². The molecule has 1 saturated heterocycles. The Labute approximate surface area is 149 Å². The minimum atomic E-state index is -1.44. The quantitative estimate of drug-likeness (QED) is 0.430. The van der Waals surface area contributed by atoms with Crippen LogP contribution in [0.15, 0.2) is 23.8 Å². The Hall–Kier alpha value is -2.10. The molecule has 1 aromatic carbocycles. The fourth-order valence-electron chi connectivity index (χ4n) is 3.24. The van der Waals surface area contributed by atoms with Crippen LogP contribution in [-0.4, -0.2) is 69.2 Å². The van der Waals surface area contributed by atoms with Gasteiger partial charge in [-0.05, 0) is 36.3 Å². The third-order valence-electron chi connectivity index (χ3n) is 4.71. The molecule has 2 unspecified atom stereocenters. The lowest BCUT2D eigenvalue weighted by Gasteiger charge is -2.40. The van der Waals surface area contributed by atoms with E-state index in [0.29, 0.717) is 11.3 Å². The number of ketones is 2. The van der Waals surface area contributed by atoms with Gasteiger partial charge in [0.25, 0.3) is 0 Å². The molecule has 0 amide bonds. The van der Waals surface area contributed by atoms with Crippen molar-refractivity contribution in [3.05, 3.63) is 34.9 Å². The second-order valence-electron chi connectivity index (χ2n) is 6.53. The molecule has 1 aliphatic heterocycles. The van der Waals surface area contributed by atoms with E-state index in [1.165, 1.54) is 6.92 Å². The average molecular weight is 363 g/mol. The molecule has 1 aromatic rings. The van der Waals surface area contributed by atoms with E-state index < -0.39 is 37.3 Å². The van der Waals surface area contributed by atoms with E-state index >= 15 is 0 Å². The highest BCUT2D eigenvalue weighted by Crippen LogP contribution is 2.28. The van der Waals surface area contributed by atoms with Crippen molar-refractivity contribution < 1.29 is 34.8 Å². The van der Waals surface area contributed by atoms with E-state index in [0.717, 1.165) is 5.56 Å². The third kappa shape index (κ3) is 3.42. The number of benzene rings is 1. The van der Waals surface area contributed by atoms with Gasteiger partial charge in [-0.2, -0.15) is 0 Å². The first-order valence-corrected chi connectivity index (χ1v) is 8.27. The molecule has 5 N–H and O–H groups in total. The van der Waals surface area contributed by atoms with E-state index in [4.69, 9.17) is 9.84 Å². The smallest absolute Gasteiger partial charge is 0.178 e. The number of nitrogens with one attached hydrogen (secondary N) is 1. The van der Waals surface area contributed by atoms with Crippen LogP contribution in [-0.2, 0) is 20.7 Å². The Kier molecular flexibility index (Phi) is 5.22. The molecule has 8 heteroatoms. The summed E-state index contributed by atoms with van der Waals surface area (Å²) >= 11 is 0. The standard InChI is InChI=1S/C18H21NO7/c1-8(21)12-5-9-2-3-11(4-10(9)6-13(12)22)19-15-17(24)16(23)14(7-20)26-18(15)25/h2-5,14-20,23-25H,6-7H2,1H3/t14?,15?,16-,17-,18-/m0/s1. The lowest BCUT2D eigenvalue weighted by molar-refractivity contribution is -0.245. The summed E-state index contributed by atoms with van der Waals surface area (Å²) in [5.74, 6) is -0.537. The summed E-state index contributed by atoms with van der Waals surface area (Å²) in [4.78, 5) is 23.5. The van der Waals surface area contributed by atoms with Gasteiger partial charge in [0.15, 0.2) is 17.9 Å². The monoisotopic (exact) mass is 363 g/mol. The molecule has 8 nitrogen and oxygen atoms in total. The van der Waals surface area contributed by atoms with Gasteiger partial charge < -0.3 is 30.5 Å². The first-order chi connectivity index (χ1) is 12.3. The molecular weight excluding hydrogens is 342 g/mol. The molecule has 0 saturated carbocycles. The maximum atomic E-state index is 12.0. The molecule has 1 aliphatic carbocycles. The highest BCUT2D eigenvalue weighted by atomic mass is 16.6. The van der Waals surface area contributed by atoms with E-state index in [2.05, 4.69) is 5.32 Å². The summed E-state index contributed by atoms with van der Waals surface area (Å²) in [7, 11) is 0. The summed E-state index contributed by atoms with van der Waals surface area (Å²) in [5, 5.41) is 42.1. The minimum Gasteiger partial charge on any atom is -0.394 e. The van der Waals surface area contributed by atoms with Gasteiger partial charge in [-0.15, -0.1) is 0 Å². The molecule has 0 aromatic heterocycles. The molecule has 1 fully saturated rings. The maximum absolute atomic E-state index is 12.0. The summed E-state index contributed by atoms with van der Waals surface area (Å²) < 4.78 is 5.11. The number of Topliss-reactive ketones (excluding diaryl/α,β-unsaturated/α-hetero) is 2. The number of anilines is 1. The van der Waals surface area contributed by atoms with Gasteiger partial charge in [-0.1, -0.05) is 6.07 Å². The van der Waals surface area contributed by atoms with Crippen LogP contribution in [0.1, 0.15) is 18.1 Å². The van der Waals surface area contributed by atoms with Crippen LogP contribution in [0.3, 0.4) is 0 Å². The van der Waals surface area contributed by atoms with Gasteiger partial charge in [0.05, 0.1) is 12.2 Å². The first-order valence-electron chi connectivity index (χ1n) is 8.27. The summed E-state index contributed by atoms with van der Waals surface area (Å²) in [5.41, 5.74) is 2.14. The van der Waals surface area contributed by atoms with Gasteiger partial charge in [0.2, 0.25) is 0 Å². The zero-order valence-electron chi connectivity index (χ0n) is 14.1. The largest absolute Gasteiger partial charge is 0.394 e. The zero-order chi connectivity index (χ0) is 19.0. The van der Waals surface area contributed by atoms with Crippen LogP contribution in [0, 0.1) is 0 Å². The van der Waals surface area contributed by atoms with Crippen molar-refractivity contribution in [2.24, 2.45) is 0 Å². The van der Waals surface area contributed by atoms with Crippen LogP contribution in [0.5, 0.6) is 0 Å². The Bertz CT molecular complexity index is 760. The van der Waals surface area contributed by atoms with Crippen LogP contribution >= 0.6 is 0 Å². The topological polar surface area (TPSA) is 136 Å². The minimum absolute atomic E-state index is 0.0811. The molecule has 0 radical (unpaired) electrons. The van der Waals surface area contributed by atoms with E-state index in [1.807, 2.05) is 0 Å². The number of fused-ring (bicyclic) bond motifs is 1. The van der Waals surface area contributed by atoms with Crippen LogP contribution in [0.4, 0.5) is 5.69 Å². The van der Waals surface area contributed by atoms with Crippen molar-refractivity contribution >= 4 is 23.3 Å². The van der Waals surface area contributed by atoms with Crippen molar-refractivity contribution in [1.82, 2.24) is 0 Å². The highest BCUT2D eigenvalue weighted by molar-refractivity contribution is 6.24. The lowest BCUT2D eigenvalue weighted by Crippen LogP contribution is -2.61. The number of aliphatic hydroxyl groups is 4. The third-order valence-corrected chi connectivity index (χ3v) is 4.71. The number of aliphatic hydroxyl groups excluding tert-OH is 4. The molecule has 2 aliphatic rings. The Balaban J connectivity index is 1.81. The number of ether oxygens (including phenoxy) is 1. The molecule has 26 heavy (non-hydrogen) atoms. The molecule has 0 bridgehead atoms. The van der Waals surface area contributed by atoms with Gasteiger partial charge in [-0.25, -0.2) is 0 Å². The molecule has 5 atom stereocenters. The SMILES string of the molecule is CC(=O)C1=Cc2ccc(NC3[C@@H](O)OC(CO)[C@H](O)[C@H]3O)cc2CC1=O. The second-order valence-corrected chi connectivity index (χ2v) is 6.53. The molecule has 1 heterocycles. The number of allylic oxidation sites excluding steroid dienone is 1. The van der Waals surface area contributed by atoms with Crippen molar-refractivity contribution in [1.29, 1.82) is 0 Å². The summed E-state index contributed by atoms with van der Waals surface area (Å²) in [6.07, 6.45) is -3.60. The molecule has 3 rings (SSSR count). The van der Waals surface area contributed by atoms with Crippen molar-refractivity contribution in [3.63, 3.8) is 0 Å². The summed E-state index contributed by atoms with van der Waals surface area (Å²) in [6, 6.07) is 4.06. The van der Waals surface area contributed by atoms with E-state index in [-0.39, 0.29) is 23.6 Å². The van der Waals surface area contributed by atoms with Crippen LogP contribution < -0.4 is 5.32 Å². The van der Waals surface area contributed by atoms with Crippen LogP contribution in [0.2, 0.25) is 0 Å². The predicted octanol–water partition coefficient (Wildman–Crippen LogP) is -1.00. The normalized spacial score (nSPS) is 31.2.